The molecule has 2 unspecified atom stereocenters. The number of hydrogen-bond donors (Lipinski definition) is 1. The molecule has 7 heteroatoms. The van der Waals surface area contributed by atoms with E-state index in [1.807, 2.05) is 46.8 Å². The van der Waals surface area contributed by atoms with Crippen LogP contribution in [0.1, 0.15) is 42.1 Å². The maximum absolute atomic E-state index is 13.0. The van der Waals surface area contributed by atoms with Crippen LogP contribution < -0.4 is 5.32 Å². The van der Waals surface area contributed by atoms with Crippen molar-refractivity contribution in [2.45, 2.75) is 33.7 Å². The van der Waals surface area contributed by atoms with Crippen molar-refractivity contribution >= 4 is 22.9 Å². The number of hydrogen-bond acceptors (Lipinski definition) is 6. The molecular formula is C22H26N4O2S. The molecule has 0 aliphatic carbocycles. The molecule has 4 rings (SSSR count). The largest absolute Gasteiger partial charge is 0.376 e. The number of benzene rings is 1. The summed E-state index contributed by atoms with van der Waals surface area (Å²) >= 11 is 1.60. The maximum atomic E-state index is 13.0. The third-order valence-corrected chi connectivity index (χ3v) is 6.00. The first-order valence-corrected chi connectivity index (χ1v) is 10.9. The number of aryl methyl sites for hydroxylation is 1. The summed E-state index contributed by atoms with van der Waals surface area (Å²) in [6.45, 7) is 8.51. The molecule has 0 spiro atoms. The zero-order chi connectivity index (χ0) is 20.4. The van der Waals surface area contributed by atoms with Gasteiger partial charge in [-0.2, -0.15) is 16.3 Å². The fourth-order valence-electron chi connectivity index (χ4n) is 3.96. The fraction of sp³-hybridized carbons (Fsp3) is 0.409. The van der Waals surface area contributed by atoms with Crippen LogP contribution >= 0.6 is 11.3 Å². The summed E-state index contributed by atoms with van der Waals surface area (Å²) in [4.78, 5) is 19.4. The summed E-state index contributed by atoms with van der Waals surface area (Å²) in [6, 6.07) is 7.79. The van der Waals surface area contributed by atoms with Gasteiger partial charge in [0.05, 0.1) is 6.54 Å². The normalized spacial score (nSPS) is 19.3. The van der Waals surface area contributed by atoms with Crippen molar-refractivity contribution in [3.05, 3.63) is 52.0 Å². The van der Waals surface area contributed by atoms with E-state index < -0.39 is 0 Å². The van der Waals surface area contributed by atoms with E-state index in [1.165, 1.54) is 6.42 Å². The van der Waals surface area contributed by atoms with Gasteiger partial charge in [0.2, 0.25) is 11.7 Å². The van der Waals surface area contributed by atoms with Crippen LogP contribution in [-0.2, 0) is 6.54 Å². The summed E-state index contributed by atoms with van der Waals surface area (Å²) in [5.41, 5.74) is 3.64. The van der Waals surface area contributed by atoms with E-state index in [0.29, 0.717) is 35.7 Å². The zero-order valence-electron chi connectivity index (χ0n) is 17.0. The van der Waals surface area contributed by atoms with Gasteiger partial charge in [-0.3, -0.25) is 4.79 Å². The highest BCUT2D eigenvalue weighted by Gasteiger charge is 2.26. The van der Waals surface area contributed by atoms with Crippen molar-refractivity contribution in [3.8, 4) is 11.4 Å². The zero-order valence-corrected chi connectivity index (χ0v) is 17.8. The predicted molar refractivity (Wildman–Crippen MR) is 115 cm³/mol. The minimum atomic E-state index is 0.101. The first kappa shape index (κ1) is 19.6. The predicted octanol–water partition coefficient (Wildman–Crippen LogP) is 4.84. The molecule has 1 saturated heterocycles. The number of thiophene rings is 1. The molecule has 0 bridgehead atoms. The van der Waals surface area contributed by atoms with Crippen LogP contribution in [0.25, 0.3) is 11.4 Å². The van der Waals surface area contributed by atoms with Crippen molar-refractivity contribution in [2.75, 3.05) is 18.4 Å². The monoisotopic (exact) mass is 410 g/mol. The number of anilines is 1. The van der Waals surface area contributed by atoms with Crippen LogP contribution in [0.4, 0.5) is 5.69 Å². The van der Waals surface area contributed by atoms with Crippen molar-refractivity contribution in [1.82, 2.24) is 15.0 Å². The van der Waals surface area contributed by atoms with Crippen molar-refractivity contribution in [3.63, 3.8) is 0 Å². The van der Waals surface area contributed by atoms with Gasteiger partial charge in [0, 0.05) is 35.3 Å². The minimum Gasteiger partial charge on any atom is -0.376 e. The van der Waals surface area contributed by atoms with Gasteiger partial charge in [0.15, 0.2) is 0 Å². The number of piperidine rings is 1. The number of rotatable bonds is 5. The van der Waals surface area contributed by atoms with Crippen LogP contribution in [-0.4, -0.2) is 34.0 Å². The average Bonchev–Trinajstić information content (AvgIpc) is 3.37. The number of carbonyl (C=O) groups is 1. The van der Waals surface area contributed by atoms with Crippen LogP contribution in [0.3, 0.4) is 0 Å². The summed E-state index contributed by atoms with van der Waals surface area (Å²) in [5, 5.41) is 11.3. The average molecular weight is 411 g/mol. The molecule has 1 aliphatic rings. The Morgan fingerprint density at radius 3 is 2.79 bits per heavy atom. The van der Waals surface area contributed by atoms with E-state index in [9.17, 15) is 4.79 Å². The van der Waals surface area contributed by atoms with Crippen LogP contribution in [0, 0.1) is 18.8 Å². The number of nitrogens with one attached hydrogen (secondary N) is 1. The topological polar surface area (TPSA) is 71.3 Å². The Morgan fingerprint density at radius 2 is 2.07 bits per heavy atom. The molecule has 2 aromatic heterocycles. The second-order valence-electron chi connectivity index (χ2n) is 8.06. The van der Waals surface area contributed by atoms with E-state index in [-0.39, 0.29) is 5.91 Å². The maximum Gasteiger partial charge on any atom is 0.253 e. The van der Waals surface area contributed by atoms with Crippen LogP contribution in [0.2, 0.25) is 0 Å². The van der Waals surface area contributed by atoms with E-state index in [0.717, 1.165) is 29.9 Å². The number of amides is 1. The molecule has 1 N–H and O–H groups in total. The molecule has 1 aliphatic heterocycles. The van der Waals surface area contributed by atoms with Crippen LogP contribution in [0.15, 0.2) is 39.5 Å². The second-order valence-corrected chi connectivity index (χ2v) is 8.84. The Kier molecular flexibility index (Phi) is 5.67. The lowest BCUT2D eigenvalue weighted by molar-refractivity contribution is 0.0623. The minimum absolute atomic E-state index is 0.101. The van der Waals surface area contributed by atoms with E-state index in [4.69, 9.17) is 4.52 Å². The van der Waals surface area contributed by atoms with Gasteiger partial charge in [0.1, 0.15) is 0 Å². The smallest absolute Gasteiger partial charge is 0.253 e. The molecule has 6 nitrogen and oxygen atoms in total. The summed E-state index contributed by atoms with van der Waals surface area (Å²) < 4.78 is 5.35. The first-order chi connectivity index (χ1) is 14.0. The van der Waals surface area contributed by atoms with Gasteiger partial charge in [-0.05, 0) is 54.3 Å². The highest BCUT2D eigenvalue weighted by atomic mass is 32.1. The molecule has 3 heterocycles. The highest BCUT2D eigenvalue weighted by Crippen LogP contribution is 2.25. The summed E-state index contributed by atoms with van der Waals surface area (Å²) in [7, 11) is 0. The van der Waals surface area contributed by atoms with Gasteiger partial charge in [-0.15, -0.1) is 0 Å². The number of likely N-dealkylation sites (tertiary alicyclic amines) is 1. The Hall–Kier alpha value is -2.67. The summed E-state index contributed by atoms with van der Waals surface area (Å²) in [6.07, 6.45) is 1.18. The Bertz CT molecular complexity index is 973. The molecule has 1 fully saturated rings. The highest BCUT2D eigenvalue weighted by molar-refractivity contribution is 7.08. The van der Waals surface area contributed by atoms with Crippen LogP contribution in [0.5, 0.6) is 0 Å². The molecule has 2 atom stereocenters. The Balaban J connectivity index is 1.45. The lowest BCUT2D eigenvalue weighted by Gasteiger charge is -2.35. The van der Waals surface area contributed by atoms with Gasteiger partial charge < -0.3 is 14.7 Å². The molecule has 29 heavy (non-hydrogen) atoms. The number of carbonyl (C=O) groups excluding carboxylic acids is 1. The molecule has 152 valence electrons. The van der Waals surface area contributed by atoms with Gasteiger partial charge >= 0.3 is 0 Å². The van der Waals surface area contributed by atoms with Gasteiger partial charge in [-0.25, -0.2) is 0 Å². The number of aromatic nitrogens is 2. The quantitative estimate of drug-likeness (QED) is 0.652. The summed E-state index contributed by atoms with van der Waals surface area (Å²) in [5.74, 6) is 2.29. The van der Waals surface area contributed by atoms with Gasteiger partial charge in [0.25, 0.3) is 5.91 Å². The van der Waals surface area contributed by atoms with Gasteiger partial charge in [-0.1, -0.05) is 25.1 Å². The lowest BCUT2D eigenvalue weighted by atomic mass is 9.91. The standard InChI is InChI=1S/C22H26N4O2S/c1-14-8-15(2)12-26(11-14)22(27)17-5-4-16(3)19(9-17)23-10-20-24-21(25-28-20)18-6-7-29-13-18/h4-7,9,13-15,23H,8,10-12H2,1-3H3. The SMILES string of the molecule is Cc1ccc(C(=O)N2CC(C)CC(C)C2)cc1NCc1nc(-c2ccsc2)no1. The van der Waals surface area contributed by atoms with Crippen molar-refractivity contribution < 1.29 is 9.32 Å². The Labute approximate surface area is 174 Å². The third kappa shape index (κ3) is 4.50. The molecule has 1 aromatic carbocycles. The molecule has 0 saturated carbocycles. The van der Waals surface area contributed by atoms with E-state index in [1.54, 1.807) is 11.3 Å². The molecule has 3 aromatic rings. The molecule has 0 radical (unpaired) electrons. The second kappa shape index (κ2) is 8.37. The van der Waals surface area contributed by atoms with Crippen molar-refractivity contribution in [1.29, 1.82) is 0 Å². The van der Waals surface area contributed by atoms with E-state index in [2.05, 4.69) is 29.3 Å². The molecule has 1 amide bonds. The van der Waals surface area contributed by atoms with Crippen molar-refractivity contribution in [2.24, 2.45) is 11.8 Å². The third-order valence-electron chi connectivity index (χ3n) is 5.32. The fourth-order valence-corrected chi connectivity index (χ4v) is 4.60. The van der Waals surface area contributed by atoms with E-state index >= 15 is 0 Å². The lowest BCUT2D eigenvalue weighted by Crippen LogP contribution is -2.42. The number of nitrogens with zero attached hydrogens (tertiary/aromatic N) is 3. The first-order valence-electron chi connectivity index (χ1n) is 9.98. The Morgan fingerprint density at radius 1 is 1.28 bits per heavy atom. The molecular weight excluding hydrogens is 384 g/mol.